The number of hydrogen-bond donors (Lipinski definition) is 1. The number of rotatable bonds is 4. The van der Waals surface area contributed by atoms with Gasteiger partial charge in [-0.1, -0.05) is 23.8 Å². The van der Waals surface area contributed by atoms with Crippen molar-refractivity contribution in [3.8, 4) is 0 Å². The first-order chi connectivity index (χ1) is 14.1. The van der Waals surface area contributed by atoms with Crippen LogP contribution in [-0.2, 0) is 0 Å². The van der Waals surface area contributed by atoms with E-state index in [9.17, 15) is 4.79 Å². The Balaban J connectivity index is 1.35. The Bertz CT molecular complexity index is 996. The molecule has 0 atom stereocenters. The highest BCUT2D eigenvalue weighted by Gasteiger charge is 2.23. The minimum atomic E-state index is 0.0876. The molecule has 2 aromatic heterocycles. The van der Waals surface area contributed by atoms with Crippen LogP contribution in [0.25, 0.3) is 0 Å². The average Bonchev–Trinajstić information content (AvgIpc) is 2.74. The third-order valence-electron chi connectivity index (χ3n) is 4.95. The second kappa shape index (κ2) is 8.26. The lowest BCUT2D eigenvalue weighted by molar-refractivity contribution is 0.0746. The topological polar surface area (TPSA) is 74.2 Å². The summed E-state index contributed by atoms with van der Waals surface area (Å²) in [5, 5.41) is 11.8. The van der Waals surface area contributed by atoms with Crippen molar-refractivity contribution in [1.29, 1.82) is 0 Å². The summed E-state index contributed by atoms with van der Waals surface area (Å²) in [6.45, 7) is 6.75. The number of carbonyl (C=O) groups is 1. The molecule has 0 spiro atoms. The highest BCUT2D eigenvalue weighted by Crippen LogP contribution is 2.18. The summed E-state index contributed by atoms with van der Waals surface area (Å²) in [5.74, 6) is 2.30. The lowest BCUT2D eigenvalue weighted by Crippen LogP contribution is -2.49. The number of hydrogen-bond acceptors (Lipinski definition) is 6. The fraction of sp³-hybridized carbons (Fsp3) is 0.273. The minimum absolute atomic E-state index is 0.0876. The second-order valence-corrected chi connectivity index (χ2v) is 7.21. The van der Waals surface area contributed by atoms with E-state index in [-0.39, 0.29) is 5.91 Å². The number of carbonyl (C=O) groups excluding carboxylic acids is 1. The molecular formula is C22H24N6O. The number of anilines is 3. The van der Waals surface area contributed by atoms with Gasteiger partial charge < -0.3 is 15.1 Å². The van der Waals surface area contributed by atoms with E-state index in [2.05, 4.69) is 25.4 Å². The van der Waals surface area contributed by atoms with Gasteiger partial charge >= 0.3 is 0 Å². The monoisotopic (exact) mass is 388 g/mol. The number of aryl methyl sites for hydroxylation is 2. The van der Waals surface area contributed by atoms with E-state index in [4.69, 9.17) is 0 Å². The van der Waals surface area contributed by atoms with E-state index in [0.717, 1.165) is 41.5 Å². The van der Waals surface area contributed by atoms with Crippen LogP contribution >= 0.6 is 0 Å². The van der Waals surface area contributed by atoms with Gasteiger partial charge in [-0.15, -0.1) is 10.2 Å². The molecule has 7 nitrogen and oxygen atoms in total. The third-order valence-corrected chi connectivity index (χ3v) is 4.95. The Hall–Kier alpha value is -3.48. The lowest BCUT2D eigenvalue weighted by Gasteiger charge is -2.35. The second-order valence-electron chi connectivity index (χ2n) is 7.21. The maximum atomic E-state index is 12.7. The van der Waals surface area contributed by atoms with Gasteiger partial charge in [-0.25, -0.2) is 4.98 Å². The summed E-state index contributed by atoms with van der Waals surface area (Å²) >= 11 is 0. The van der Waals surface area contributed by atoms with E-state index in [1.165, 1.54) is 0 Å². The Morgan fingerprint density at radius 2 is 1.69 bits per heavy atom. The molecule has 1 aliphatic heterocycles. The molecule has 1 aromatic carbocycles. The molecule has 0 unspecified atom stereocenters. The summed E-state index contributed by atoms with van der Waals surface area (Å²) in [6, 6.07) is 17.4. The first-order valence-corrected chi connectivity index (χ1v) is 9.74. The molecule has 7 heteroatoms. The summed E-state index contributed by atoms with van der Waals surface area (Å²) in [6.07, 6.45) is 0. The molecule has 148 valence electrons. The quantitative estimate of drug-likeness (QED) is 0.740. The number of aromatic nitrogens is 3. The van der Waals surface area contributed by atoms with Crippen LogP contribution in [0.2, 0.25) is 0 Å². The Morgan fingerprint density at radius 3 is 2.38 bits per heavy atom. The number of benzene rings is 1. The zero-order valence-corrected chi connectivity index (χ0v) is 16.7. The molecule has 1 aliphatic rings. The van der Waals surface area contributed by atoms with Gasteiger partial charge in [0.2, 0.25) is 0 Å². The van der Waals surface area contributed by atoms with Crippen molar-refractivity contribution in [2.45, 2.75) is 13.8 Å². The van der Waals surface area contributed by atoms with Crippen LogP contribution in [0.4, 0.5) is 17.5 Å². The summed E-state index contributed by atoms with van der Waals surface area (Å²) < 4.78 is 0. The van der Waals surface area contributed by atoms with E-state index >= 15 is 0 Å². The predicted molar refractivity (Wildman–Crippen MR) is 114 cm³/mol. The molecule has 4 rings (SSSR count). The number of nitrogens with zero attached hydrogens (tertiary/aromatic N) is 5. The molecule has 0 radical (unpaired) electrons. The van der Waals surface area contributed by atoms with Crippen LogP contribution in [0.5, 0.6) is 0 Å². The molecule has 1 amide bonds. The van der Waals surface area contributed by atoms with E-state index in [0.29, 0.717) is 18.9 Å². The Kier molecular flexibility index (Phi) is 5.37. The molecule has 3 aromatic rings. The maximum Gasteiger partial charge on any atom is 0.253 e. The molecule has 0 aliphatic carbocycles. The van der Waals surface area contributed by atoms with Crippen molar-refractivity contribution in [3.05, 3.63) is 71.4 Å². The minimum Gasteiger partial charge on any atom is -0.352 e. The van der Waals surface area contributed by atoms with Gasteiger partial charge in [0.25, 0.3) is 5.91 Å². The highest BCUT2D eigenvalue weighted by atomic mass is 16.2. The number of amides is 1. The van der Waals surface area contributed by atoms with Crippen LogP contribution in [0.3, 0.4) is 0 Å². The first-order valence-electron chi connectivity index (χ1n) is 9.74. The summed E-state index contributed by atoms with van der Waals surface area (Å²) in [7, 11) is 0. The Morgan fingerprint density at radius 1 is 0.897 bits per heavy atom. The van der Waals surface area contributed by atoms with Crippen molar-refractivity contribution in [3.63, 3.8) is 0 Å². The van der Waals surface area contributed by atoms with Gasteiger partial charge in [-0.05, 0) is 50.2 Å². The highest BCUT2D eigenvalue weighted by molar-refractivity contribution is 5.94. The largest absolute Gasteiger partial charge is 0.352 e. The molecule has 1 N–H and O–H groups in total. The molecule has 1 fully saturated rings. The van der Waals surface area contributed by atoms with E-state index < -0.39 is 0 Å². The van der Waals surface area contributed by atoms with Gasteiger partial charge in [0.05, 0.1) is 0 Å². The van der Waals surface area contributed by atoms with Crippen LogP contribution < -0.4 is 10.2 Å². The van der Waals surface area contributed by atoms with Crippen LogP contribution in [-0.4, -0.2) is 52.2 Å². The maximum absolute atomic E-state index is 12.7. The van der Waals surface area contributed by atoms with Crippen molar-refractivity contribution < 1.29 is 4.79 Å². The number of pyridine rings is 1. The first kappa shape index (κ1) is 18.9. The van der Waals surface area contributed by atoms with Gasteiger partial charge in [0.1, 0.15) is 5.82 Å². The Labute approximate surface area is 170 Å². The fourth-order valence-electron chi connectivity index (χ4n) is 3.40. The van der Waals surface area contributed by atoms with Crippen LogP contribution in [0.1, 0.15) is 21.6 Å². The van der Waals surface area contributed by atoms with Crippen LogP contribution in [0.15, 0.2) is 54.6 Å². The zero-order valence-electron chi connectivity index (χ0n) is 16.7. The molecule has 0 bridgehead atoms. The molecule has 1 saturated heterocycles. The third kappa shape index (κ3) is 4.51. The predicted octanol–water partition coefficient (Wildman–Crippen LogP) is 3.19. The fourth-order valence-corrected chi connectivity index (χ4v) is 3.40. The smallest absolute Gasteiger partial charge is 0.253 e. The average molecular weight is 388 g/mol. The van der Waals surface area contributed by atoms with Crippen molar-refractivity contribution in [1.82, 2.24) is 20.1 Å². The normalized spacial score (nSPS) is 14.0. The number of nitrogens with one attached hydrogen (secondary N) is 1. The summed E-state index contributed by atoms with van der Waals surface area (Å²) in [4.78, 5) is 21.2. The van der Waals surface area contributed by atoms with Gasteiger partial charge in [0.15, 0.2) is 11.6 Å². The standard InChI is InChI=1S/C22H24N6O/c1-16-5-3-7-18(15-16)22(29)28-13-11-27(12-14-28)21-10-9-20(25-26-21)24-19-8-4-6-17(2)23-19/h3-10,15H,11-14H2,1-2H3,(H,23,24,25). The molecule has 0 saturated carbocycles. The van der Waals surface area contributed by atoms with Crippen molar-refractivity contribution in [2.75, 3.05) is 36.4 Å². The molecule has 3 heterocycles. The SMILES string of the molecule is Cc1cccc(C(=O)N2CCN(c3ccc(Nc4cccc(C)n4)nn3)CC2)c1. The molecular weight excluding hydrogens is 364 g/mol. The summed E-state index contributed by atoms with van der Waals surface area (Å²) in [5.41, 5.74) is 2.79. The van der Waals surface area contributed by atoms with Gasteiger partial charge in [0, 0.05) is 37.4 Å². The van der Waals surface area contributed by atoms with Gasteiger partial charge in [-0.3, -0.25) is 4.79 Å². The lowest BCUT2D eigenvalue weighted by atomic mass is 10.1. The van der Waals surface area contributed by atoms with E-state index in [1.54, 1.807) is 0 Å². The number of piperazine rings is 1. The van der Waals surface area contributed by atoms with Crippen molar-refractivity contribution >= 4 is 23.4 Å². The van der Waals surface area contributed by atoms with Gasteiger partial charge in [-0.2, -0.15) is 0 Å². The van der Waals surface area contributed by atoms with Crippen LogP contribution in [0, 0.1) is 13.8 Å². The zero-order chi connectivity index (χ0) is 20.2. The van der Waals surface area contributed by atoms with Crippen molar-refractivity contribution in [2.24, 2.45) is 0 Å². The molecule has 29 heavy (non-hydrogen) atoms. The van der Waals surface area contributed by atoms with E-state index in [1.807, 2.05) is 73.3 Å².